The van der Waals surface area contributed by atoms with E-state index in [4.69, 9.17) is 0 Å². The van der Waals surface area contributed by atoms with E-state index in [1.165, 1.54) is 33.8 Å². The van der Waals surface area contributed by atoms with Crippen LogP contribution in [-0.4, -0.2) is 11.1 Å². The molecule has 114 valence electrons. The first-order valence-corrected chi connectivity index (χ1v) is 7.86. The third-order valence-corrected chi connectivity index (χ3v) is 4.01. The van der Waals surface area contributed by atoms with Gasteiger partial charge in [-0.05, 0) is 69.0 Å². The number of rotatable bonds is 5. The molecule has 2 nitrogen and oxygen atoms in total. The Balaban J connectivity index is 2.33. The molecule has 0 amide bonds. The summed E-state index contributed by atoms with van der Waals surface area (Å²) in [4.78, 5) is 0. The number of nitrogens with zero attached hydrogens (tertiary/aromatic N) is 1. The van der Waals surface area contributed by atoms with Crippen LogP contribution in [0.15, 0.2) is 24.3 Å². The zero-order valence-corrected chi connectivity index (χ0v) is 14.2. The molecule has 2 rings (SSSR count). The second-order valence-corrected chi connectivity index (χ2v) is 6.55. The predicted octanol–water partition coefficient (Wildman–Crippen LogP) is 4.46. The lowest BCUT2D eigenvalue weighted by atomic mass is 10.1. The van der Waals surface area contributed by atoms with Gasteiger partial charge >= 0.3 is 0 Å². The lowest BCUT2D eigenvalue weighted by molar-refractivity contribution is 0.551. The van der Waals surface area contributed by atoms with Gasteiger partial charge in [0.05, 0.1) is 0 Å². The Morgan fingerprint density at radius 2 is 1.76 bits per heavy atom. The van der Waals surface area contributed by atoms with Gasteiger partial charge in [0.1, 0.15) is 0 Å². The summed E-state index contributed by atoms with van der Waals surface area (Å²) in [5, 5.41) is 3.55. The lowest BCUT2D eigenvalue weighted by Crippen LogP contribution is -2.19. The molecule has 0 spiro atoms. The van der Waals surface area contributed by atoms with Crippen molar-refractivity contribution >= 4 is 0 Å². The zero-order valence-electron chi connectivity index (χ0n) is 14.2. The molecule has 1 N–H and O–H groups in total. The Kier molecular flexibility index (Phi) is 4.89. The molecule has 0 aliphatic carbocycles. The lowest BCUT2D eigenvalue weighted by Gasteiger charge is -2.14. The molecule has 2 aromatic rings. The molecular formula is C19H28N2. The summed E-state index contributed by atoms with van der Waals surface area (Å²) < 4.78 is 2.38. The first-order valence-electron chi connectivity index (χ1n) is 7.86. The van der Waals surface area contributed by atoms with Gasteiger partial charge in [0.25, 0.3) is 0 Å². The van der Waals surface area contributed by atoms with Crippen LogP contribution in [0.25, 0.3) is 5.69 Å². The van der Waals surface area contributed by atoms with Crippen molar-refractivity contribution in [2.45, 2.75) is 48.1 Å². The van der Waals surface area contributed by atoms with Gasteiger partial charge in [0.15, 0.2) is 0 Å². The van der Waals surface area contributed by atoms with Crippen LogP contribution in [-0.2, 0) is 6.54 Å². The standard InChI is InChI=1S/C19H28N2/c1-13(2)11-20-12-18-10-16(5)21(17(18)6)19-9-14(3)7-8-15(19)4/h7-10,13,20H,11-12H2,1-6H3. The van der Waals surface area contributed by atoms with Gasteiger partial charge in [-0.15, -0.1) is 0 Å². The minimum Gasteiger partial charge on any atom is -0.318 e. The molecule has 0 saturated heterocycles. The van der Waals surface area contributed by atoms with Crippen molar-refractivity contribution in [3.8, 4) is 5.69 Å². The normalized spacial score (nSPS) is 11.4. The molecule has 1 aromatic carbocycles. The molecule has 0 saturated carbocycles. The van der Waals surface area contributed by atoms with Gasteiger partial charge in [0, 0.05) is 23.6 Å². The van der Waals surface area contributed by atoms with E-state index >= 15 is 0 Å². The van der Waals surface area contributed by atoms with Crippen LogP contribution in [0, 0.1) is 33.6 Å². The monoisotopic (exact) mass is 284 g/mol. The maximum Gasteiger partial charge on any atom is 0.0486 e. The maximum atomic E-state index is 3.55. The fourth-order valence-corrected chi connectivity index (χ4v) is 2.83. The number of hydrogen-bond donors (Lipinski definition) is 1. The van der Waals surface area contributed by atoms with Crippen molar-refractivity contribution in [2.75, 3.05) is 6.54 Å². The highest BCUT2D eigenvalue weighted by Crippen LogP contribution is 2.24. The third kappa shape index (κ3) is 3.56. The van der Waals surface area contributed by atoms with Crippen molar-refractivity contribution in [1.82, 2.24) is 9.88 Å². The van der Waals surface area contributed by atoms with Gasteiger partial charge in [-0.25, -0.2) is 0 Å². The first-order chi connectivity index (χ1) is 9.90. The fourth-order valence-electron chi connectivity index (χ4n) is 2.83. The number of aromatic nitrogens is 1. The van der Waals surface area contributed by atoms with Crippen molar-refractivity contribution in [1.29, 1.82) is 0 Å². The van der Waals surface area contributed by atoms with Crippen molar-refractivity contribution < 1.29 is 0 Å². The number of nitrogens with one attached hydrogen (secondary N) is 1. The summed E-state index contributed by atoms with van der Waals surface area (Å²) in [6.45, 7) is 15.3. The molecule has 0 bridgehead atoms. The smallest absolute Gasteiger partial charge is 0.0486 e. The quantitative estimate of drug-likeness (QED) is 0.858. The Morgan fingerprint density at radius 1 is 1.05 bits per heavy atom. The van der Waals surface area contributed by atoms with Crippen molar-refractivity contribution in [3.05, 3.63) is 52.3 Å². The van der Waals surface area contributed by atoms with E-state index in [-0.39, 0.29) is 0 Å². The number of benzene rings is 1. The summed E-state index contributed by atoms with van der Waals surface area (Å²) in [7, 11) is 0. The van der Waals surface area contributed by atoms with E-state index in [2.05, 4.69) is 75.7 Å². The Hall–Kier alpha value is -1.54. The average Bonchev–Trinajstić information content (AvgIpc) is 2.67. The summed E-state index contributed by atoms with van der Waals surface area (Å²) >= 11 is 0. The van der Waals surface area contributed by atoms with E-state index in [1.54, 1.807) is 0 Å². The highest BCUT2D eigenvalue weighted by atomic mass is 15.0. The topological polar surface area (TPSA) is 17.0 Å². The van der Waals surface area contributed by atoms with Crippen molar-refractivity contribution in [3.63, 3.8) is 0 Å². The SMILES string of the molecule is Cc1ccc(C)c(-n2c(C)cc(CNCC(C)C)c2C)c1. The molecule has 1 heterocycles. The molecule has 2 heteroatoms. The number of hydrogen-bond acceptors (Lipinski definition) is 1. The number of aryl methyl sites for hydroxylation is 3. The summed E-state index contributed by atoms with van der Waals surface area (Å²) in [6.07, 6.45) is 0. The highest BCUT2D eigenvalue weighted by molar-refractivity contribution is 5.48. The van der Waals surface area contributed by atoms with Crippen LogP contribution < -0.4 is 5.32 Å². The van der Waals surface area contributed by atoms with E-state index in [9.17, 15) is 0 Å². The average molecular weight is 284 g/mol. The van der Waals surface area contributed by atoms with Crippen molar-refractivity contribution in [2.24, 2.45) is 5.92 Å². The van der Waals surface area contributed by atoms with E-state index < -0.39 is 0 Å². The summed E-state index contributed by atoms with van der Waals surface area (Å²) in [6, 6.07) is 8.98. The molecule has 21 heavy (non-hydrogen) atoms. The maximum absolute atomic E-state index is 3.55. The molecule has 0 radical (unpaired) electrons. The summed E-state index contributed by atoms with van der Waals surface area (Å²) in [5.74, 6) is 0.688. The van der Waals surface area contributed by atoms with Crippen LogP contribution in [0.4, 0.5) is 0 Å². The second kappa shape index (κ2) is 6.48. The minimum atomic E-state index is 0.688. The zero-order chi connectivity index (χ0) is 15.6. The van der Waals surface area contributed by atoms with Gasteiger partial charge in [-0.1, -0.05) is 26.0 Å². The molecular weight excluding hydrogens is 256 g/mol. The van der Waals surface area contributed by atoms with Crippen LogP contribution in [0.2, 0.25) is 0 Å². The third-order valence-electron chi connectivity index (χ3n) is 4.01. The van der Waals surface area contributed by atoms with Crippen LogP contribution >= 0.6 is 0 Å². The first kappa shape index (κ1) is 15.8. The van der Waals surface area contributed by atoms with Crippen LogP contribution in [0.3, 0.4) is 0 Å². The van der Waals surface area contributed by atoms with Gasteiger partial charge < -0.3 is 9.88 Å². The van der Waals surface area contributed by atoms with Crippen LogP contribution in [0.5, 0.6) is 0 Å². The van der Waals surface area contributed by atoms with E-state index in [0.717, 1.165) is 13.1 Å². The Bertz CT molecular complexity index is 621. The second-order valence-electron chi connectivity index (χ2n) is 6.55. The Morgan fingerprint density at radius 3 is 2.43 bits per heavy atom. The van der Waals surface area contributed by atoms with Gasteiger partial charge in [-0.2, -0.15) is 0 Å². The molecule has 0 aliphatic heterocycles. The molecule has 0 unspecified atom stereocenters. The molecule has 0 aliphatic rings. The largest absolute Gasteiger partial charge is 0.318 e. The predicted molar refractivity (Wildman–Crippen MR) is 91.3 cm³/mol. The Labute approximate surface area is 129 Å². The highest BCUT2D eigenvalue weighted by Gasteiger charge is 2.12. The molecule has 1 aromatic heterocycles. The fraction of sp³-hybridized carbons (Fsp3) is 0.474. The minimum absolute atomic E-state index is 0.688. The summed E-state index contributed by atoms with van der Waals surface area (Å²) in [5.41, 5.74) is 7.99. The van der Waals surface area contributed by atoms with Gasteiger partial charge in [0.2, 0.25) is 0 Å². The van der Waals surface area contributed by atoms with E-state index in [1.807, 2.05) is 0 Å². The van der Waals surface area contributed by atoms with Crippen LogP contribution in [0.1, 0.15) is 41.9 Å². The van der Waals surface area contributed by atoms with Gasteiger partial charge in [-0.3, -0.25) is 0 Å². The molecule has 0 atom stereocenters. The molecule has 0 fully saturated rings. The van der Waals surface area contributed by atoms with E-state index in [0.29, 0.717) is 5.92 Å².